The number of nitrogens with zero attached hydrogens (tertiary/aromatic N) is 3. The molecule has 0 aliphatic heterocycles. The van der Waals surface area contributed by atoms with E-state index in [0.717, 1.165) is 23.5 Å². The van der Waals surface area contributed by atoms with E-state index in [1.165, 1.54) is 23.5 Å². The van der Waals surface area contributed by atoms with Crippen molar-refractivity contribution in [1.29, 1.82) is 0 Å². The average Bonchev–Trinajstić information content (AvgIpc) is 3.15. The summed E-state index contributed by atoms with van der Waals surface area (Å²) in [6.45, 7) is 0. The van der Waals surface area contributed by atoms with E-state index in [-0.39, 0.29) is 5.13 Å². The topological polar surface area (TPSA) is 141 Å². The van der Waals surface area contributed by atoms with Crippen molar-refractivity contribution in [3.63, 3.8) is 0 Å². The number of nitrogens with one attached hydrogen (secondary N) is 1. The minimum atomic E-state index is -4.14. The van der Waals surface area contributed by atoms with E-state index in [2.05, 4.69) is 14.7 Å². The van der Waals surface area contributed by atoms with Crippen LogP contribution in [-0.2, 0) is 10.0 Å². The molecule has 2 heterocycles. The zero-order valence-electron chi connectivity index (χ0n) is 11.7. The van der Waals surface area contributed by atoms with Gasteiger partial charge in [0.15, 0.2) is 15.2 Å². The first kappa shape index (κ1) is 16.3. The van der Waals surface area contributed by atoms with E-state index >= 15 is 0 Å². The Bertz CT molecular complexity index is 1010. The highest BCUT2D eigenvalue weighted by Gasteiger charge is 2.26. The summed E-state index contributed by atoms with van der Waals surface area (Å²) in [4.78, 5) is 18.0. The van der Waals surface area contributed by atoms with Crippen molar-refractivity contribution < 1.29 is 13.3 Å². The van der Waals surface area contributed by atoms with Crippen molar-refractivity contribution >= 4 is 48.6 Å². The number of para-hydroxylation sites is 1. The van der Waals surface area contributed by atoms with Gasteiger partial charge in [0, 0.05) is 16.8 Å². The minimum Gasteiger partial charge on any atom is -0.375 e. The fraction of sp³-hybridized carbons (Fsp3) is 0. The number of hydrogen-bond donors (Lipinski definition) is 2. The van der Waals surface area contributed by atoms with Gasteiger partial charge in [-0.3, -0.25) is 14.8 Å². The number of benzene rings is 1. The summed E-state index contributed by atoms with van der Waals surface area (Å²) in [5.74, 6) is 0. The highest BCUT2D eigenvalue weighted by molar-refractivity contribution is 7.93. The van der Waals surface area contributed by atoms with Crippen LogP contribution in [0, 0.1) is 10.1 Å². The van der Waals surface area contributed by atoms with Gasteiger partial charge >= 0.3 is 0 Å². The molecule has 0 spiro atoms. The van der Waals surface area contributed by atoms with Crippen LogP contribution in [0.15, 0.2) is 39.9 Å². The summed E-state index contributed by atoms with van der Waals surface area (Å²) in [6.07, 6.45) is 0. The Morgan fingerprint density at radius 1 is 1.12 bits per heavy atom. The predicted octanol–water partition coefficient (Wildman–Crippen LogP) is 2.56. The second-order valence-electron chi connectivity index (χ2n) is 4.44. The molecule has 24 heavy (non-hydrogen) atoms. The molecule has 0 saturated carbocycles. The van der Waals surface area contributed by atoms with Crippen molar-refractivity contribution in [2.75, 3.05) is 10.5 Å². The lowest BCUT2D eigenvalue weighted by atomic mass is 10.3. The van der Waals surface area contributed by atoms with Gasteiger partial charge in [0.1, 0.15) is 11.4 Å². The quantitative estimate of drug-likeness (QED) is 0.509. The first-order valence-electron chi connectivity index (χ1n) is 6.30. The lowest BCUT2D eigenvalue weighted by molar-refractivity contribution is -0.387. The van der Waals surface area contributed by atoms with Gasteiger partial charge in [0.05, 0.1) is 4.92 Å². The van der Waals surface area contributed by atoms with E-state index in [9.17, 15) is 18.5 Å². The Morgan fingerprint density at radius 2 is 1.79 bits per heavy atom. The van der Waals surface area contributed by atoms with E-state index in [4.69, 9.17) is 5.73 Å². The van der Waals surface area contributed by atoms with Gasteiger partial charge in [-0.25, -0.2) is 18.4 Å². The standard InChI is InChI=1S/C12H9N5O4S3/c13-11-14-7(5-22-11)8-6-23-12(15-8)16-24(20,21)10-4-2-1-3-9(10)17(18)19/h1-6H,(H2,13,14)(H,15,16). The summed E-state index contributed by atoms with van der Waals surface area (Å²) in [5, 5.41) is 14.8. The maximum Gasteiger partial charge on any atom is 0.289 e. The first-order chi connectivity index (χ1) is 11.4. The number of nitrogen functional groups attached to an aromatic ring is 1. The lowest BCUT2D eigenvalue weighted by Gasteiger charge is -2.05. The first-order valence-corrected chi connectivity index (χ1v) is 9.54. The zero-order chi connectivity index (χ0) is 17.3. The number of anilines is 2. The third kappa shape index (κ3) is 3.20. The molecule has 0 fully saturated rings. The molecule has 3 rings (SSSR count). The highest BCUT2D eigenvalue weighted by Crippen LogP contribution is 2.30. The third-order valence-corrected chi connectivity index (χ3v) is 5.81. The summed E-state index contributed by atoms with van der Waals surface area (Å²) in [6, 6.07) is 5.09. The smallest absolute Gasteiger partial charge is 0.289 e. The van der Waals surface area contributed by atoms with Crippen LogP contribution in [-0.4, -0.2) is 23.3 Å². The van der Waals surface area contributed by atoms with Crippen LogP contribution < -0.4 is 10.5 Å². The number of nitro groups is 1. The van der Waals surface area contributed by atoms with Crippen molar-refractivity contribution in [3.05, 3.63) is 45.1 Å². The number of aromatic nitrogens is 2. The van der Waals surface area contributed by atoms with E-state index in [1.54, 1.807) is 10.8 Å². The van der Waals surface area contributed by atoms with Gasteiger partial charge in [-0.2, -0.15) is 0 Å². The SMILES string of the molecule is Nc1nc(-c2csc(NS(=O)(=O)c3ccccc3[N+](=O)[O-])n2)cs1. The molecule has 1 aromatic carbocycles. The van der Waals surface area contributed by atoms with Crippen LogP contribution >= 0.6 is 22.7 Å². The van der Waals surface area contributed by atoms with Gasteiger partial charge in [-0.15, -0.1) is 22.7 Å². The Kier molecular flexibility index (Phi) is 4.17. The molecular formula is C12H9N5O4S3. The maximum absolute atomic E-state index is 12.4. The summed E-state index contributed by atoms with van der Waals surface area (Å²) in [5.41, 5.74) is 6.05. The average molecular weight is 383 g/mol. The highest BCUT2D eigenvalue weighted by atomic mass is 32.2. The van der Waals surface area contributed by atoms with Crippen LogP contribution in [0.25, 0.3) is 11.4 Å². The number of nitro benzene ring substituents is 1. The van der Waals surface area contributed by atoms with Crippen LogP contribution in [0.3, 0.4) is 0 Å². The number of nitrogens with two attached hydrogens (primary N) is 1. The number of sulfonamides is 1. The molecule has 0 amide bonds. The van der Waals surface area contributed by atoms with Gasteiger partial charge in [-0.05, 0) is 6.07 Å². The van der Waals surface area contributed by atoms with Crippen LogP contribution in [0.2, 0.25) is 0 Å². The van der Waals surface area contributed by atoms with Gasteiger partial charge in [0.2, 0.25) is 0 Å². The fourth-order valence-electron chi connectivity index (χ4n) is 1.85. The van der Waals surface area contributed by atoms with E-state index in [0.29, 0.717) is 16.5 Å². The molecular weight excluding hydrogens is 374 g/mol. The van der Waals surface area contributed by atoms with Crippen molar-refractivity contribution in [3.8, 4) is 11.4 Å². The molecule has 0 bridgehead atoms. The second-order valence-corrected chi connectivity index (χ2v) is 7.84. The normalized spacial score (nSPS) is 11.3. The lowest BCUT2D eigenvalue weighted by Crippen LogP contribution is -2.14. The van der Waals surface area contributed by atoms with Crippen molar-refractivity contribution in [2.24, 2.45) is 0 Å². The van der Waals surface area contributed by atoms with Crippen LogP contribution in [0.1, 0.15) is 0 Å². The van der Waals surface area contributed by atoms with E-state index in [1.807, 2.05) is 0 Å². The maximum atomic E-state index is 12.4. The second kappa shape index (κ2) is 6.14. The molecule has 0 radical (unpaired) electrons. The monoisotopic (exact) mass is 383 g/mol. The van der Waals surface area contributed by atoms with Crippen LogP contribution in [0.4, 0.5) is 16.0 Å². The Labute approximate surface area is 144 Å². The van der Waals surface area contributed by atoms with Gasteiger partial charge < -0.3 is 5.73 Å². The molecule has 0 unspecified atom stereocenters. The Hall–Kier alpha value is -2.57. The number of thiazole rings is 2. The van der Waals surface area contributed by atoms with Gasteiger partial charge in [-0.1, -0.05) is 12.1 Å². The zero-order valence-corrected chi connectivity index (χ0v) is 14.2. The molecule has 0 aliphatic carbocycles. The van der Waals surface area contributed by atoms with E-state index < -0.39 is 25.5 Å². The summed E-state index contributed by atoms with van der Waals surface area (Å²) in [7, 11) is -4.14. The Balaban J connectivity index is 1.91. The summed E-state index contributed by atoms with van der Waals surface area (Å²) >= 11 is 2.28. The molecule has 3 N–H and O–H groups in total. The molecule has 0 saturated heterocycles. The largest absolute Gasteiger partial charge is 0.375 e. The molecule has 12 heteroatoms. The minimum absolute atomic E-state index is 0.0784. The van der Waals surface area contributed by atoms with Gasteiger partial charge in [0.25, 0.3) is 15.7 Å². The van der Waals surface area contributed by atoms with Crippen LogP contribution in [0.5, 0.6) is 0 Å². The molecule has 2 aromatic heterocycles. The molecule has 3 aromatic rings. The number of rotatable bonds is 5. The predicted molar refractivity (Wildman–Crippen MR) is 91.5 cm³/mol. The van der Waals surface area contributed by atoms with Crippen molar-refractivity contribution in [1.82, 2.24) is 9.97 Å². The fourth-order valence-corrected chi connectivity index (χ4v) is 4.54. The molecule has 124 valence electrons. The third-order valence-electron chi connectivity index (χ3n) is 2.86. The Morgan fingerprint density at radius 3 is 2.46 bits per heavy atom. The molecule has 9 nitrogen and oxygen atoms in total. The number of hydrogen-bond acceptors (Lipinski definition) is 9. The molecule has 0 atom stereocenters. The van der Waals surface area contributed by atoms with Crippen molar-refractivity contribution in [2.45, 2.75) is 4.90 Å². The summed E-state index contributed by atoms with van der Waals surface area (Å²) < 4.78 is 27.0. The molecule has 0 aliphatic rings.